The Labute approximate surface area is 138 Å². The largest absolute Gasteiger partial charge is 0.383 e. The highest BCUT2D eigenvalue weighted by Gasteiger charge is 2.42. The quantitative estimate of drug-likeness (QED) is 0.671. The normalized spacial score (nSPS) is 18.0. The number of rotatable bonds is 7. The van der Waals surface area contributed by atoms with Gasteiger partial charge in [-0.25, -0.2) is 9.78 Å². The van der Waals surface area contributed by atoms with Crippen LogP contribution in [0.25, 0.3) is 0 Å². The van der Waals surface area contributed by atoms with Crippen LogP contribution in [0.3, 0.4) is 0 Å². The number of thiazole rings is 1. The molecule has 0 saturated carbocycles. The van der Waals surface area contributed by atoms with Gasteiger partial charge in [0.15, 0.2) is 0 Å². The van der Waals surface area contributed by atoms with Gasteiger partial charge in [-0.2, -0.15) is 0 Å². The third kappa shape index (κ3) is 3.85. The van der Waals surface area contributed by atoms with Crippen LogP contribution in [0.4, 0.5) is 4.79 Å². The molecule has 126 valence electrons. The molecule has 1 aliphatic rings. The third-order valence-corrected chi connectivity index (χ3v) is 4.53. The van der Waals surface area contributed by atoms with Crippen molar-refractivity contribution in [1.29, 1.82) is 0 Å². The van der Waals surface area contributed by atoms with E-state index in [0.717, 1.165) is 9.91 Å². The van der Waals surface area contributed by atoms with Crippen molar-refractivity contribution in [2.75, 3.05) is 34.4 Å². The number of nitrogens with zero attached hydrogens (tertiary/aromatic N) is 4. The van der Waals surface area contributed by atoms with Crippen LogP contribution in [-0.2, 0) is 20.9 Å². The summed E-state index contributed by atoms with van der Waals surface area (Å²) in [6.07, 6.45) is 1.64. The first kappa shape index (κ1) is 17.4. The second-order valence-electron chi connectivity index (χ2n) is 5.24. The molecular weight excluding hydrogens is 320 g/mol. The zero-order chi connectivity index (χ0) is 17.0. The highest BCUT2D eigenvalue weighted by Crippen LogP contribution is 2.18. The molecule has 1 aromatic heterocycles. The Morgan fingerprint density at radius 3 is 2.70 bits per heavy atom. The third-order valence-electron chi connectivity index (χ3n) is 3.77. The second kappa shape index (κ2) is 7.51. The van der Waals surface area contributed by atoms with Crippen LogP contribution in [-0.4, -0.2) is 77.9 Å². The highest BCUT2D eigenvalue weighted by molar-refractivity contribution is 7.09. The van der Waals surface area contributed by atoms with E-state index in [-0.39, 0.29) is 18.2 Å². The minimum Gasteiger partial charge on any atom is -0.383 e. The van der Waals surface area contributed by atoms with E-state index in [1.54, 1.807) is 18.2 Å². The molecule has 1 aliphatic heterocycles. The van der Waals surface area contributed by atoms with Gasteiger partial charge < -0.3 is 14.5 Å². The number of likely N-dealkylation sites (N-methyl/N-ethyl adjacent to an activating group) is 2. The average molecular weight is 340 g/mol. The number of urea groups is 1. The van der Waals surface area contributed by atoms with Gasteiger partial charge in [-0.05, 0) is 0 Å². The number of imide groups is 1. The van der Waals surface area contributed by atoms with Crippen molar-refractivity contribution in [3.05, 3.63) is 16.6 Å². The smallest absolute Gasteiger partial charge is 0.326 e. The maximum Gasteiger partial charge on any atom is 0.326 e. The number of methoxy groups -OCH3 is 1. The molecule has 0 bridgehead atoms. The van der Waals surface area contributed by atoms with Gasteiger partial charge in [0, 0.05) is 39.3 Å². The van der Waals surface area contributed by atoms with Crippen molar-refractivity contribution in [2.24, 2.45) is 0 Å². The molecule has 0 N–H and O–H groups in total. The lowest BCUT2D eigenvalue weighted by Gasteiger charge is -2.24. The Morgan fingerprint density at radius 2 is 2.17 bits per heavy atom. The summed E-state index contributed by atoms with van der Waals surface area (Å²) in [6, 6.07) is -1.14. The molecule has 0 spiro atoms. The van der Waals surface area contributed by atoms with Crippen LogP contribution in [0.15, 0.2) is 11.6 Å². The number of carbonyl (C=O) groups excluding carboxylic acids is 3. The predicted molar refractivity (Wildman–Crippen MR) is 83.7 cm³/mol. The Balaban J connectivity index is 2.05. The van der Waals surface area contributed by atoms with Gasteiger partial charge in [-0.1, -0.05) is 0 Å². The Kier molecular flexibility index (Phi) is 5.67. The van der Waals surface area contributed by atoms with Crippen LogP contribution in [0.5, 0.6) is 0 Å². The van der Waals surface area contributed by atoms with Gasteiger partial charge >= 0.3 is 6.03 Å². The second-order valence-corrected chi connectivity index (χ2v) is 6.22. The topological polar surface area (TPSA) is 83.0 Å². The van der Waals surface area contributed by atoms with E-state index in [9.17, 15) is 14.4 Å². The minimum atomic E-state index is -0.749. The first-order valence-electron chi connectivity index (χ1n) is 7.15. The average Bonchev–Trinajstić information content (AvgIpc) is 3.11. The lowest BCUT2D eigenvalue weighted by atomic mass is 10.1. The molecule has 0 unspecified atom stereocenters. The van der Waals surface area contributed by atoms with Crippen LogP contribution in [0.1, 0.15) is 11.4 Å². The van der Waals surface area contributed by atoms with Crippen molar-refractivity contribution in [2.45, 2.75) is 19.0 Å². The SMILES string of the molecule is COCCN(Cc1nccs1)C(=O)C[C@@H]1C(=O)N(C)C(=O)N1C. The standard InChI is InChI=1S/C14H20N4O4S/c1-16-10(13(20)17(2)14(16)21)8-12(19)18(5-6-22-3)9-11-15-4-7-23-11/h4,7,10H,5-6,8-9H2,1-3H3/t10-/m1/s1. The van der Waals surface area contributed by atoms with Crippen molar-refractivity contribution >= 4 is 29.2 Å². The molecule has 1 aromatic rings. The first-order valence-corrected chi connectivity index (χ1v) is 8.03. The van der Waals surface area contributed by atoms with Gasteiger partial charge in [-0.15, -0.1) is 11.3 Å². The predicted octanol–water partition coefficient (Wildman–Crippen LogP) is 0.401. The van der Waals surface area contributed by atoms with Gasteiger partial charge in [-0.3, -0.25) is 14.5 Å². The fraction of sp³-hybridized carbons (Fsp3) is 0.571. The van der Waals surface area contributed by atoms with E-state index in [1.807, 2.05) is 5.38 Å². The summed E-state index contributed by atoms with van der Waals surface area (Å²) in [5.74, 6) is -0.558. The maximum absolute atomic E-state index is 12.6. The molecule has 4 amide bonds. The molecule has 0 radical (unpaired) electrons. The first-order chi connectivity index (χ1) is 11.0. The van der Waals surface area contributed by atoms with Gasteiger partial charge in [0.25, 0.3) is 5.91 Å². The molecule has 9 heteroatoms. The minimum absolute atomic E-state index is 0.0412. The Hall–Kier alpha value is -2.00. The molecular formula is C14H20N4O4S. The van der Waals surface area contributed by atoms with Crippen LogP contribution < -0.4 is 0 Å². The number of aromatic nitrogens is 1. The Bertz CT molecular complexity index is 577. The molecule has 8 nitrogen and oxygen atoms in total. The lowest BCUT2D eigenvalue weighted by molar-refractivity contribution is -0.137. The molecule has 2 rings (SSSR count). The van der Waals surface area contributed by atoms with E-state index in [2.05, 4.69) is 4.98 Å². The number of hydrogen-bond donors (Lipinski definition) is 0. The number of ether oxygens (including phenoxy) is 1. The molecule has 0 aliphatic carbocycles. The van der Waals surface area contributed by atoms with Crippen molar-refractivity contribution in [1.82, 2.24) is 19.7 Å². The lowest BCUT2D eigenvalue weighted by Crippen LogP contribution is -2.40. The summed E-state index contributed by atoms with van der Waals surface area (Å²) >= 11 is 1.46. The van der Waals surface area contributed by atoms with Crippen molar-refractivity contribution in [3.8, 4) is 0 Å². The number of amides is 4. The monoisotopic (exact) mass is 340 g/mol. The summed E-state index contributed by atoms with van der Waals surface area (Å²) in [5.41, 5.74) is 0. The van der Waals surface area contributed by atoms with Gasteiger partial charge in [0.05, 0.1) is 19.6 Å². The molecule has 1 saturated heterocycles. The summed E-state index contributed by atoms with van der Waals surface area (Å²) in [5, 5.41) is 2.66. The molecule has 23 heavy (non-hydrogen) atoms. The summed E-state index contributed by atoms with van der Waals surface area (Å²) in [6.45, 7) is 1.17. The van der Waals surface area contributed by atoms with Crippen LogP contribution in [0.2, 0.25) is 0 Å². The van der Waals surface area contributed by atoms with E-state index in [1.165, 1.54) is 30.3 Å². The number of hydrogen-bond acceptors (Lipinski definition) is 6. The Morgan fingerprint density at radius 1 is 1.43 bits per heavy atom. The van der Waals surface area contributed by atoms with E-state index >= 15 is 0 Å². The summed E-state index contributed by atoms with van der Waals surface area (Å²) < 4.78 is 5.04. The molecule has 1 atom stereocenters. The van der Waals surface area contributed by atoms with Gasteiger partial charge in [0.2, 0.25) is 5.91 Å². The maximum atomic E-state index is 12.6. The fourth-order valence-electron chi connectivity index (χ4n) is 2.36. The van der Waals surface area contributed by atoms with E-state index in [4.69, 9.17) is 4.74 Å². The summed E-state index contributed by atoms with van der Waals surface area (Å²) in [4.78, 5) is 44.6. The summed E-state index contributed by atoms with van der Waals surface area (Å²) in [7, 11) is 4.51. The van der Waals surface area contributed by atoms with Crippen LogP contribution >= 0.6 is 11.3 Å². The molecule has 2 heterocycles. The van der Waals surface area contributed by atoms with Gasteiger partial charge in [0.1, 0.15) is 11.0 Å². The van der Waals surface area contributed by atoms with E-state index < -0.39 is 12.1 Å². The molecule has 0 aromatic carbocycles. The highest BCUT2D eigenvalue weighted by atomic mass is 32.1. The molecule has 1 fully saturated rings. The van der Waals surface area contributed by atoms with Crippen LogP contribution in [0, 0.1) is 0 Å². The fourth-order valence-corrected chi connectivity index (χ4v) is 2.99. The number of carbonyl (C=O) groups is 3. The zero-order valence-electron chi connectivity index (χ0n) is 13.4. The zero-order valence-corrected chi connectivity index (χ0v) is 14.2. The van der Waals surface area contributed by atoms with Crippen molar-refractivity contribution in [3.63, 3.8) is 0 Å². The van der Waals surface area contributed by atoms with Crippen molar-refractivity contribution < 1.29 is 19.1 Å². The van der Waals surface area contributed by atoms with E-state index in [0.29, 0.717) is 19.7 Å².